The Labute approximate surface area is 102 Å². The number of pyridine rings is 1. The van der Waals surface area contributed by atoms with Gasteiger partial charge in [0.1, 0.15) is 10.8 Å². The molecule has 2 heterocycles. The van der Waals surface area contributed by atoms with Crippen molar-refractivity contribution in [1.82, 2.24) is 4.98 Å². The molecule has 17 heavy (non-hydrogen) atoms. The van der Waals surface area contributed by atoms with E-state index in [1.807, 2.05) is 6.92 Å². The molecule has 2 aromatic rings. The lowest BCUT2D eigenvalue weighted by atomic mass is 10.2. The predicted octanol–water partition coefficient (Wildman–Crippen LogP) is 2.41. The zero-order chi connectivity index (χ0) is 12.4. The van der Waals surface area contributed by atoms with E-state index in [1.165, 1.54) is 24.0 Å². The van der Waals surface area contributed by atoms with E-state index in [0.717, 1.165) is 10.7 Å². The van der Waals surface area contributed by atoms with E-state index in [2.05, 4.69) is 4.98 Å². The molecule has 0 saturated heterocycles. The number of aromatic nitrogens is 1. The van der Waals surface area contributed by atoms with Crippen molar-refractivity contribution in [2.45, 2.75) is 16.8 Å². The van der Waals surface area contributed by atoms with E-state index in [9.17, 15) is 4.79 Å². The number of carbonyl (C=O) groups is 1. The van der Waals surface area contributed by atoms with Gasteiger partial charge in [0.15, 0.2) is 0 Å². The molecule has 0 atom stereocenters. The van der Waals surface area contributed by atoms with Gasteiger partial charge in [0.25, 0.3) is 0 Å². The predicted molar refractivity (Wildman–Crippen MR) is 63.2 cm³/mol. The van der Waals surface area contributed by atoms with Crippen molar-refractivity contribution in [3.05, 3.63) is 35.9 Å². The van der Waals surface area contributed by atoms with Crippen LogP contribution in [0.15, 0.2) is 38.9 Å². The molecule has 5 nitrogen and oxygen atoms in total. The lowest BCUT2D eigenvalue weighted by molar-refractivity contribution is 0.0697. The van der Waals surface area contributed by atoms with Gasteiger partial charge in [-0.1, -0.05) is 11.8 Å². The quantitative estimate of drug-likeness (QED) is 0.869. The van der Waals surface area contributed by atoms with Gasteiger partial charge < -0.3 is 15.3 Å². The number of nitrogen functional groups attached to an aromatic ring is 1. The number of nitrogens with zero attached hydrogens (tertiary/aromatic N) is 1. The van der Waals surface area contributed by atoms with Crippen molar-refractivity contribution in [1.29, 1.82) is 0 Å². The number of rotatable bonds is 3. The number of furan rings is 1. The molecule has 88 valence electrons. The fraction of sp³-hybridized carbons (Fsp3) is 0.0909. The minimum Gasteiger partial charge on any atom is -0.478 e. The number of nitrogens with two attached hydrogens (primary N) is 1. The fourth-order valence-corrected chi connectivity index (χ4v) is 2.10. The molecule has 2 rings (SSSR count). The van der Waals surface area contributed by atoms with Gasteiger partial charge in [-0.05, 0) is 19.1 Å². The average molecular weight is 250 g/mol. The van der Waals surface area contributed by atoms with Crippen molar-refractivity contribution in [2.75, 3.05) is 5.73 Å². The third-order valence-corrected chi connectivity index (χ3v) is 3.24. The first kappa shape index (κ1) is 11.5. The molecule has 0 bridgehead atoms. The summed E-state index contributed by atoms with van der Waals surface area (Å²) >= 11 is 1.34. The first-order chi connectivity index (χ1) is 8.08. The van der Waals surface area contributed by atoms with Crippen LogP contribution in [0.3, 0.4) is 0 Å². The molecule has 0 saturated carbocycles. The lowest BCUT2D eigenvalue weighted by Gasteiger charge is -2.03. The van der Waals surface area contributed by atoms with Crippen LogP contribution in [0.2, 0.25) is 0 Å². The second kappa shape index (κ2) is 4.50. The zero-order valence-corrected chi connectivity index (χ0v) is 9.82. The number of carboxylic acids is 1. The average Bonchev–Trinajstić information content (AvgIpc) is 2.67. The summed E-state index contributed by atoms with van der Waals surface area (Å²) in [6.07, 6.45) is 2.92. The van der Waals surface area contributed by atoms with Crippen LogP contribution in [-0.4, -0.2) is 16.1 Å². The summed E-state index contributed by atoms with van der Waals surface area (Å²) in [5.41, 5.74) is 5.74. The maximum absolute atomic E-state index is 10.9. The maximum Gasteiger partial charge on any atom is 0.337 e. The van der Waals surface area contributed by atoms with E-state index in [1.54, 1.807) is 12.3 Å². The Morgan fingerprint density at radius 3 is 2.94 bits per heavy atom. The number of hydrogen-bond acceptors (Lipinski definition) is 5. The topological polar surface area (TPSA) is 89.3 Å². The van der Waals surface area contributed by atoms with Crippen molar-refractivity contribution in [3.63, 3.8) is 0 Å². The monoisotopic (exact) mass is 250 g/mol. The Morgan fingerprint density at radius 1 is 1.59 bits per heavy atom. The number of aryl methyl sites for hydroxylation is 1. The highest BCUT2D eigenvalue weighted by Gasteiger charge is 2.11. The molecular weight excluding hydrogens is 240 g/mol. The van der Waals surface area contributed by atoms with Crippen molar-refractivity contribution in [2.24, 2.45) is 0 Å². The van der Waals surface area contributed by atoms with E-state index in [0.29, 0.717) is 5.03 Å². The Balaban J connectivity index is 2.32. The van der Waals surface area contributed by atoms with Crippen LogP contribution in [0.4, 0.5) is 5.69 Å². The van der Waals surface area contributed by atoms with E-state index in [-0.39, 0.29) is 11.3 Å². The summed E-state index contributed by atoms with van der Waals surface area (Å²) in [6.45, 7) is 1.83. The summed E-state index contributed by atoms with van der Waals surface area (Å²) in [7, 11) is 0. The molecule has 0 aliphatic rings. The van der Waals surface area contributed by atoms with E-state index < -0.39 is 5.97 Å². The Kier molecular flexibility index (Phi) is 3.06. The zero-order valence-electron chi connectivity index (χ0n) is 9.01. The smallest absolute Gasteiger partial charge is 0.337 e. The first-order valence-electron chi connectivity index (χ1n) is 4.78. The SMILES string of the molecule is Cc1occc1Sc1cc(C(=O)O)c(N)cn1. The van der Waals surface area contributed by atoms with Crippen LogP contribution in [0.5, 0.6) is 0 Å². The number of aromatic carboxylic acids is 1. The fourth-order valence-electron chi connectivity index (χ4n) is 1.28. The standard InChI is InChI=1S/C11H10N2O3S/c1-6-9(2-3-16-6)17-10-4-7(11(14)15)8(12)5-13-10/h2-5H,12H2,1H3,(H,14,15). The van der Waals surface area contributed by atoms with Crippen LogP contribution in [0.1, 0.15) is 16.1 Å². The largest absolute Gasteiger partial charge is 0.478 e. The van der Waals surface area contributed by atoms with Gasteiger partial charge >= 0.3 is 5.97 Å². The molecular formula is C11H10N2O3S. The summed E-state index contributed by atoms with van der Waals surface area (Å²) in [4.78, 5) is 15.9. The molecule has 2 aromatic heterocycles. The molecule has 0 aliphatic carbocycles. The van der Waals surface area contributed by atoms with Crippen molar-refractivity contribution in [3.8, 4) is 0 Å². The van der Waals surface area contributed by atoms with Crippen LogP contribution in [-0.2, 0) is 0 Å². The Bertz CT molecular complexity index is 566. The minimum atomic E-state index is -1.06. The maximum atomic E-state index is 10.9. The highest BCUT2D eigenvalue weighted by molar-refractivity contribution is 7.99. The van der Waals surface area contributed by atoms with Crippen molar-refractivity contribution >= 4 is 23.4 Å². The molecule has 0 aromatic carbocycles. The van der Waals surface area contributed by atoms with E-state index in [4.69, 9.17) is 15.3 Å². The summed E-state index contributed by atoms with van der Waals surface area (Å²) in [5.74, 6) is -0.291. The highest BCUT2D eigenvalue weighted by atomic mass is 32.2. The van der Waals surface area contributed by atoms with Crippen LogP contribution in [0.25, 0.3) is 0 Å². The van der Waals surface area contributed by atoms with Crippen LogP contribution < -0.4 is 5.73 Å². The second-order valence-corrected chi connectivity index (χ2v) is 4.42. The number of hydrogen-bond donors (Lipinski definition) is 2. The van der Waals surface area contributed by atoms with Gasteiger partial charge in [-0.2, -0.15) is 0 Å². The molecule has 0 amide bonds. The minimum absolute atomic E-state index is 0.0589. The summed E-state index contributed by atoms with van der Waals surface area (Å²) in [5, 5.41) is 9.51. The second-order valence-electron chi connectivity index (χ2n) is 3.36. The molecule has 0 unspecified atom stereocenters. The molecule has 0 fully saturated rings. The van der Waals surface area contributed by atoms with Crippen LogP contribution in [0, 0.1) is 6.92 Å². The molecule has 6 heteroatoms. The Hall–Kier alpha value is -1.95. The van der Waals surface area contributed by atoms with Gasteiger partial charge in [-0.3, -0.25) is 0 Å². The van der Waals surface area contributed by atoms with E-state index >= 15 is 0 Å². The number of anilines is 1. The molecule has 0 spiro atoms. The summed E-state index contributed by atoms with van der Waals surface area (Å²) < 4.78 is 5.15. The Morgan fingerprint density at radius 2 is 2.35 bits per heavy atom. The lowest BCUT2D eigenvalue weighted by Crippen LogP contribution is -2.03. The highest BCUT2D eigenvalue weighted by Crippen LogP contribution is 2.30. The van der Waals surface area contributed by atoms with Crippen molar-refractivity contribution < 1.29 is 14.3 Å². The molecule has 3 N–H and O–H groups in total. The van der Waals surface area contributed by atoms with Gasteiger partial charge in [0.05, 0.1) is 28.6 Å². The van der Waals surface area contributed by atoms with Gasteiger partial charge in [-0.25, -0.2) is 9.78 Å². The first-order valence-corrected chi connectivity index (χ1v) is 5.60. The number of carboxylic acid groups (broad SMARTS) is 1. The molecule has 0 aliphatic heterocycles. The molecule has 0 radical (unpaired) electrons. The third-order valence-electron chi connectivity index (χ3n) is 2.17. The van der Waals surface area contributed by atoms with Gasteiger partial charge in [-0.15, -0.1) is 0 Å². The normalized spacial score (nSPS) is 10.4. The van der Waals surface area contributed by atoms with Gasteiger partial charge in [0.2, 0.25) is 0 Å². The van der Waals surface area contributed by atoms with Gasteiger partial charge in [0, 0.05) is 0 Å². The summed E-state index contributed by atoms with van der Waals surface area (Å²) in [6, 6.07) is 3.26. The van der Waals surface area contributed by atoms with Crippen LogP contribution >= 0.6 is 11.8 Å². The third kappa shape index (κ3) is 2.42.